The van der Waals surface area contributed by atoms with E-state index in [-0.39, 0.29) is 57.8 Å². The number of nitrogens with one attached hydrogen (secondary N) is 2. The lowest BCUT2D eigenvalue weighted by Crippen LogP contribution is -2.43. The number of anilines is 2. The molecule has 2 amide bonds. The lowest BCUT2D eigenvalue weighted by atomic mass is 9.70. The predicted molar refractivity (Wildman–Crippen MR) is 182 cm³/mol. The lowest BCUT2D eigenvalue weighted by Gasteiger charge is -2.37. The number of aromatic nitrogens is 5. The average Bonchev–Trinajstić information content (AvgIpc) is 3.73. The van der Waals surface area contributed by atoms with Crippen LogP contribution >= 0.6 is 11.3 Å². The van der Waals surface area contributed by atoms with E-state index in [9.17, 15) is 44.7 Å². The van der Waals surface area contributed by atoms with E-state index in [1.54, 1.807) is 0 Å². The van der Waals surface area contributed by atoms with Crippen molar-refractivity contribution in [2.45, 2.75) is 94.2 Å². The molecule has 0 saturated heterocycles. The van der Waals surface area contributed by atoms with Crippen LogP contribution in [0, 0.1) is 29.4 Å². The molecule has 3 heterocycles. The minimum Gasteiger partial charge on any atom is -0.310 e. The van der Waals surface area contributed by atoms with Crippen LogP contribution in [0.4, 0.5) is 51.1 Å². The van der Waals surface area contributed by atoms with E-state index in [2.05, 4.69) is 20.7 Å². The summed E-state index contributed by atoms with van der Waals surface area (Å²) in [6.45, 7) is 0.150. The molecule has 294 valence electrons. The summed E-state index contributed by atoms with van der Waals surface area (Å²) in [4.78, 5) is 30.0. The van der Waals surface area contributed by atoms with E-state index < -0.39 is 84.0 Å². The molecule has 0 bridgehead atoms. The van der Waals surface area contributed by atoms with E-state index in [0.717, 1.165) is 18.7 Å². The van der Waals surface area contributed by atoms with Gasteiger partial charge in [-0.1, -0.05) is 6.42 Å². The number of benzene rings is 1. The van der Waals surface area contributed by atoms with Crippen LogP contribution < -0.4 is 10.6 Å². The van der Waals surface area contributed by atoms with Crippen molar-refractivity contribution in [2.75, 3.05) is 10.6 Å². The molecule has 4 aliphatic carbocycles. The molecule has 3 aromatic heterocycles. The van der Waals surface area contributed by atoms with E-state index in [1.807, 2.05) is 0 Å². The van der Waals surface area contributed by atoms with Gasteiger partial charge in [-0.25, -0.2) is 36.0 Å². The van der Waals surface area contributed by atoms with Gasteiger partial charge in [0.2, 0.25) is 23.7 Å². The Labute approximate surface area is 311 Å². The van der Waals surface area contributed by atoms with Gasteiger partial charge >= 0.3 is 6.18 Å². The van der Waals surface area contributed by atoms with Crippen LogP contribution in [0.3, 0.4) is 0 Å². The van der Waals surface area contributed by atoms with Crippen LogP contribution in [-0.4, -0.2) is 48.2 Å². The maximum atomic E-state index is 15.2. The van der Waals surface area contributed by atoms with Crippen molar-refractivity contribution < 1.29 is 49.1 Å². The number of aryl methyl sites for hydroxylation is 1. The third-order valence-electron chi connectivity index (χ3n) is 11.2. The number of nitrogens with zero attached hydrogens (tertiary/aromatic N) is 5. The number of carbonyl (C=O) groups is 2. The zero-order valence-electron chi connectivity index (χ0n) is 29.1. The van der Waals surface area contributed by atoms with Gasteiger partial charge < -0.3 is 10.6 Å². The summed E-state index contributed by atoms with van der Waals surface area (Å²) in [5.74, 6) is -11.1. The topological polar surface area (TPSA) is 107 Å². The highest BCUT2D eigenvalue weighted by molar-refractivity contribution is 7.15. The van der Waals surface area contributed by atoms with E-state index in [1.165, 1.54) is 22.5 Å². The normalized spacial score (nSPS) is 22.4. The van der Waals surface area contributed by atoms with Crippen molar-refractivity contribution in [1.29, 1.82) is 0 Å². The highest BCUT2D eigenvalue weighted by Crippen LogP contribution is 2.52. The van der Waals surface area contributed by atoms with Gasteiger partial charge in [-0.2, -0.15) is 23.4 Å². The third kappa shape index (κ3) is 7.12. The molecule has 0 radical (unpaired) electrons. The lowest BCUT2D eigenvalue weighted by molar-refractivity contribution is -0.145. The van der Waals surface area contributed by atoms with Crippen LogP contribution in [0.1, 0.15) is 85.8 Å². The first-order chi connectivity index (χ1) is 25.9. The Kier molecular flexibility index (Phi) is 9.11. The maximum absolute atomic E-state index is 15.2. The van der Waals surface area contributed by atoms with E-state index in [4.69, 9.17) is 5.10 Å². The molecule has 9 nitrogen and oxygen atoms in total. The number of rotatable bonds is 10. The Morgan fingerprint density at radius 3 is 2.00 bits per heavy atom. The van der Waals surface area contributed by atoms with Crippen LogP contribution in [0.25, 0.3) is 21.8 Å². The summed E-state index contributed by atoms with van der Waals surface area (Å²) in [5, 5.41) is 13.6. The molecule has 4 saturated carbocycles. The first-order valence-corrected chi connectivity index (χ1v) is 18.7. The zero-order valence-corrected chi connectivity index (χ0v) is 29.9. The van der Waals surface area contributed by atoms with Crippen LogP contribution in [0.15, 0.2) is 24.4 Å². The van der Waals surface area contributed by atoms with E-state index >= 15 is 4.39 Å². The molecule has 8 rings (SSSR count). The van der Waals surface area contributed by atoms with Gasteiger partial charge in [-0.3, -0.25) is 14.3 Å². The van der Waals surface area contributed by atoms with Crippen molar-refractivity contribution in [3.8, 4) is 21.8 Å². The van der Waals surface area contributed by atoms with Crippen LogP contribution in [0.2, 0.25) is 0 Å². The highest BCUT2D eigenvalue weighted by atomic mass is 32.1. The molecule has 19 heteroatoms. The fourth-order valence-electron chi connectivity index (χ4n) is 7.97. The highest BCUT2D eigenvalue weighted by Gasteiger charge is 2.50. The number of hydrogen-bond donors (Lipinski definition) is 2. The third-order valence-corrected chi connectivity index (χ3v) is 12.3. The van der Waals surface area contributed by atoms with Gasteiger partial charge in [0.1, 0.15) is 34.7 Å². The summed E-state index contributed by atoms with van der Waals surface area (Å²) in [7, 11) is 1.50. The van der Waals surface area contributed by atoms with Crippen molar-refractivity contribution in [1.82, 2.24) is 24.5 Å². The van der Waals surface area contributed by atoms with Gasteiger partial charge in [-0.15, -0.1) is 11.3 Å². The summed E-state index contributed by atoms with van der Waals surface area (Å²) >= 11 is 0.413. The average molecular weight is 800 g/mol. The maximum Gasteiger partial charge on any atom is 0.443 e. The summed E-state index contributed by atoms with van der Waals surface area (Å²) in [5.41, 5.74) is 1.25. The zero-order chi connectivity index (χ0) is 39.2. The Bertz CT molecular complexity index is 2150. The smallest absolute Gasteiger partial charge is 0.310 e. The number of alkyl halides is 7. The SMILES string of the molecule is Cn1nc(-c2ccc(F)cc2F)c(C2CC(Cn3nc(-c4cnc(C(F)(F)F)s4)c(C4CCC4)c3NC(=O)C3CC(F)(F)C3)C2)c1NC(=O)C1CC(F)(F)C1. The monoisotopic (exact) mass is 799 g/mol. The quantitative estimate of drug-likeness (QED) is 0.156. The van der Waals surface area contributed by atoms with Crippen LogP contribution in [-0.2, 0) is 29.4 Å². The molecule has 0 atom stereocenters. The molecule has 55 heavy (non-hydrogen) atoms. The second-order valence-electron chi connectivity index (χ2n) is 15.2. The number of thiazole rings is 1. The minimum absolute atomic E-state index is 0.0395. The fraction of sp³-hybridized carbons (Fsp3) is 0.528. The Balaban J connectivity index is 1.11. The van der Waals surface area contributed by atoms with Gasteiger partial charge in [0, 0.05) is 80.1 Å². The standard InChI is InChI=1S/C36H34F9N7O2S/c1-51-29(47-31(53)19-10-34(39,40)11-19)26(27(49-51)22-6-5-21(37)9-23(22)38)18-7-16(8-18)15-52-30(48-32(54)20-12-35(41,42)13-20)25(17-3-2-4-17)28(50-52)24-14-46-33(55-24)36(43,44)45/h5-6,9,14,16-20H,2-4,7-8,10-13,15H2,1H3,(H,47,53)(H,48,54). The number of amides is 2. The molecule has 0 aliphatic heterocycles. The fourth-order valence-corrected chi connectivity index (χ4v) is 8.75. The minimum atomic E-state index is -4.70. The molecule has 0 unspecified atom stereocenters. The molecule has 0 spiro atoms. The van der Waals surface area contributed by atoms with Crippen molar-refractivity contribution in [2.24, 2.45) is 24.8 Å². The van der Waals surface area contributed by atoms with E-state index in [0.29, 0.717) is 54.2 Å². The van der Waals surface area contributed by atoms with Crippen LogP contribution in [0.5, 0.6) is 0 Å². The first-order valence-electron chi connectivity index (χ1n) is 17.9. The van der Waals surface area contributed by atoms with Crippen molar-refractivity contribution >= 4 is 34.8 Å². The summed E-state index contributed by atoms with van der Waals surface area (Å²) < 4.78 is 127. The van der Waals surface area contributed by atoms with Gasteiger partial charge in [0.25, 0.3) is 0 Å². The summed E-state index contributed by atoms with van der Waals surface area (Å²) in [6, 6.07) is 2.97. The van der Waals surface area contributed by atoms with Crippen molar-refractivity contribution in [3.05, 3.63) is 52.2 Å². The van der Waals surface area contributed by atoms with Gasteiger partial charge in [0.15, 0.2) is 5.01 Å². The molecule has 4 aromatic rings. The van der Waals surface area contributed by atoms with Gasteiger partial charge in [-0.05, 0) is 55.6 Å². The Hall–Kier alpha value is -4.42. The number of halogens is 9. The molecular weight excluding hydrogens is 765 g/mol. The summed E-state index contributed by atoms with van der Waals surface area (Å²) in [6.07, 6.45) is -3.14. The number of carbonyl (C=O) groups excluding carboxylic acids is 2. The second-order valence-corrected chi connectivity index (χ2v) is 16.3. The predicted octanol–water partition coefficient (Wildman–Crippen LogP) is 9.13. The molecule has 4 aliphatic rings. The first kappa shape index (κ1) is 37.5. The Morgan fingerprint density at radius 2 is 1.47 bits per heavy atom. The molecule has 4 fully saturated rings. The van der Waals surface area contributed by atoms with Gasteiger partial charge in [0.05, 0.1) is 4.88 Å². The number of hydrogen-bond acceptors (Lipinski definition) is 6. The second kappa shape index (κ2) is 13.4. The molecule has 1 aromatic carbocycles. The molecule has 2 N–H and O–H groups in total. The Morgan fingerprint density at radius 1 is 0.873 bits per heavy atom. The largest absolute Gasteiger partial charge is 0.443 e. The molecular formula is C36H34F9N7O2S. The van der Waals surface area contributed by atoms with Crippen molar-refractivity contribution in [3.63, 3.8) is 0 Å².